The van der Waals surface area contributed by atoms with E-state index in [4.69, 9.17) is 5.73 Å². The first-order chi connectivity index (χ1) is 5.41. The zero-order chi connectivity index (χ0) is 9.35. The first-order valence-corrected chi connectivity index (χ1v) is 3.74. The number of nitrogens with zero attached hydrogens (tertiary/aromatic N) is 2. The van der Waals surface area contributed by atoms with Crippen LogP contribution in [0.1, 0.15) is 24.3 Å². The van der Waals surface area contributed by atoms with Crippen molar-refractivity contribution in [1.82, 2.24) is 9.78 Å². The van der Waals surface area contributed by atoms with E-state index >= 15 is 0 Å². The molecule has 0 saturated heterocycles. The van der Waals surface area contributed by atoms with Crippen molar-refractivity contribution in [2.75, 3.05) is 0 Å². The lowest BCUT2D eigenvalue weighted by atomic mass is 9.99. The Morgan fingerprint density at radius 3 is 2.58 bits per heavy atom. The summed E-state index contributed by atoms with van der Waals surface area (Å²) in [6, 6.07) is 1.66. The fraction of sp³-hybridized carbons (Fsp3) is 0.500. The zero-order valence-electron chi connectivity index (χ0n) is 7.53. The number of nitrogens with two attached hydrogens (primary N) is 1. The Hall–Kier alpha value is -1.16. The molecule has 12 heavy (non-hydrogen) atoms. The van der Waals surface area contributed by atoms with Crippen LogP contribution in [0, 0.1) is 0 Å². The molecule has 0 unspecified atom stereocenters. The fourth-order valence-corrected chi connectivity index (χ4v) is 0.866. The summed E-state index contributed by atoms with van der Waals surface area (Å²) >= 11 is 0. The number of carbonyl (C=O) groups excluding carboxylic acids is 1. The van der Waals surface area contributed by atoms with Gasteiger partial charge in [-0.2, -0.15) is 5.10 Å². The summed E-state index contributed by atoms with van der Waals surface area (Å²) in [4.78, 5) is 11.5. The highest BCUT2D eigenvalue weighted by molar-refractivity contribution is 6.00. The maximum absolute atomic E-state index is 11.5. The summed E-state index contributed by atoms with van der Waals surface area (Å²) in [5.74, 6) is -0.136. The van der Waals surface area contributed by atoms with Gasteiger partial charge in [-0.15, -0.1) is 0 Å². The summed E-state index contributed by atoms with van der Waals surface area (Å²) < 4.78 is 1.58. The molecule has 1 aromatic heterocycles. The van der Waals surface area contributed by atoms with Crippen molar-refractivity contribution in [2.45, 2.75) is 19.4 Å². The molecule has 4 heteroatoms. The van der Waals surface area contributed by atoms with Gasteiger partial charge in [-0.3, -0.25) is 9.48 Å². The second kappa shape index (κ2) is 2.71. The quantitative estimate of drug-likeness (QED) is 0.646. The molecular formula is C8H13N3O. The lowest BCUT2D eigenvalue weighted by Gasteiger charge is -2.14. The molecule has 1 aromatic rings. The number of ketones is 1. The van der Waals surface area contributed by atoms with E-state index < -0.39 is 5.54 Å². The molecule has 2 N–H and O–H groups in total. The van der Waals surface area contributed by atoms with E-state index in [9.17, 15) is 4.79 Å². The number of hydrogen-bond donors (Lipinski definition) is 1. The smallest absolute Gasteiger partial charge is 0.202 e. The van der Waals surface area contributed by atoms with Crippen LogP contribution in [-0.4, -0.2) is 21.1 Å². The molecule has 0 aliphatic carbocycles. The maximum atomic E-state index is 11.5. The second-order valence-electron chi connectivity index (χ2n) is 3.43. The minimum absolute atomic E-state index is 0.136. The van der Waals surface area contributed by atoms with Crippen LogP contribution in [0.4, 0.5) is 0 Å². The largest absolute Gasteiger partial charge is 0.319 e. The number of hydrogen-bond acceptors (Lipinski definition) is 3. The van der Waals surface area contributed by atoms with Gasteiger partial charge in [0.1, 0.15) is 5.69 Å². The third kappa shape index (κ3) is 1.71. The third-order valence-corrected chi connectivity index (χ3v) is 1.53. The van der Waals surface area contributed by atoms with E-state index in [0.717, 1.165) is 0 Å². The topological polar surface area (TPSA) is 60.9 Å². The Kier molecular flexibility index (Phi) is 2.02. The van der Waals surface area contributed by atoms with Crippen molar-refractivity contribution in [1.29, 1.82) is 0 Å². The van der Waals surface area contributed by atoms with E-state index in [2.05, 4.69) is 5.10 Å². The van der Waals surface area contributed by atoms with E-state index in [1.807, 2.05) is 0 Å². The second-order valence-corrected chi connectivity index (χ2v) is 3.43. The van der Waals surface area contributed by atoms with Crippen LogP contribution >= 0.6 is 0 Å². The van der Waals surface area contributed by atoms with Gasteiger partial charge in [-0.05, 0) is 19.9 Å². The third-order valence-electron chi connectivity index (χ3n) is 1.53. The van der Waals surface area contributed by atoms with Crippen LogP contribution in [-0.2, 0) is 7.05 Å². The summed E-state index contributed by atoms with van der Waals surface area (Å²) in [5.41, 5.74) is 5.20. The average molecular weight is 167 g/mol. The SMILES string of the molecule is Cn1ccc(C(=O)C(C)(C)N)n1. The molecule has 0 saturated carbocycles. The molecule has 1 heterocycles. The average Bonchev–Trinajstić information content (AvgIpc) is 2.32. The van der Waals surface area contributed by atoms with Crippen molar-refractivity contribution in [3.05, 3.63) is 18.0 Å². The van der Waals surface area contributed by atoms with Crippen LogP contribution in [0.15, 0.2) is 12.3 Å². The molecule has 0 aliphatic rings. The summed E-state index contributed by atoms with van der Waals surface area (Å²) in [7, 11) is 1.76. The first kappa shape index (κ1) is 8.93. The Balaban J connectivity index is 2.93. The normalized spacial score (nSPS) is 11.7. The highest BCUT2D eigenvalue weighted by atomic mass is 16.1. The predicted octanol–water partition coefficient (Wildman–Crippen LogP) is 0.340. The van der Waals surface area contributed by atoms with Gasteiger partial charge < -0.3 is 5.73 Å². The van der Waals surface area contributed by atoms with Crippen molar-refractivity contribution in [3.8, 4) is 0 Å². The fourth-order valence-electron chi connectivity index (χ4n) is 0.866. The van der Waals surface area contributed by atoms with E-state index in [1.54, 1.807) is 37.8 Å². The highest BCUT2D eigenvalue weighted by Crippen LogP contribution is 2.07. The van der Waals surface area contributed by atoms with Gasteiger partial charge in [0.15, 0.2) is 0 Å². The van der Waals surface area contributed by atoms with Gasteiger partial charge >= 0.3 is 0 Å². The summed E-state index contributed by atoms with van der Waals surface area (Å²) in [6.07, 6.45) is 1.72. The van der Waals surface area contributed by atoms with Gasteiger partial charge in [0.25, 0.3) is 0 Å². The number of aromatic nitrogens is 2. The van der Waals surface area contributed by atoms with Crippen molar-refractivity contribution < 1.29 is 4.79 Å². The van der Waals surface area contributed by atoms with Crippen LogP contribution in [0.25, 0.3) is 0 Å². The van der Waals surface area contributed by atoms with Gasteiger partial charge in [0.05, 0.1) is 5.54 Å². The van der Waals surface area contributed by atoms with Gasteiger partial charge in [-0.1, -0.05) is 0 Å². The molecular weight excluding hydrogens is 154 g/mol. The van der Waals surface area contributed by atoms with Crippen molar-refractivity contribution >= 4 is 5.78 Å². The standard InChI is InChI=1S/C8H13N3O/c1-8(2,9)7(12)6-4-5-11(3)10-6/h4-5H,9H2,1-3H3. The van der Waals surface area contributed by atoms with Crippen molar-refractivity contribution in [2.24, 2.45) is 12.8 Å². The Morgan fingerprint density at radius 2 is 2.25 bits per heavy atom. The predicted molar refractivity (Wildman–Crippen MR) is 45.8 cm³/mol. The molecule has 0 bridgehead atoms. The van der Waals surface area contributed by atoms with E-state index in [-0.39, 0.29) is 5.78 Å². The molecule has 4 nitrogen and oxygen atoms in total. The lowest BCUT2D eigenvalue weighted by molar-refractivity contribution is 0.0907. The molecule has 0 spiro atoms. The molecule has 0 fully saturated rings. The summed E-state index contributed by atoms with van der Waals surface area (Å²) in [6.45, 7) is 3.34. The maximum Gasteiger partial charge on any atom is 0.202 e. The number of carbonyl (C=O) groups is 1. The van der Waals surface area contributed by atoms with E-state index in [0.29, 0.717) is 5.69 Å². The lowest BCUT2D eigenvalue weighted by Crippen LogP contribution is -2.41. The Morgan fingerprint density at radius 1 is 1.67 bits per heavy atom. The monoisotopic (exact) mass is 167 g/mol. The van der Waals surface area contributed by atoms with Gasteiger partial charge in [0, 0.05) is 13.2 Å². The minimum Gasteiger partial charge on any atom is -0.319 e. The minimum atomic E-state index is -0.839. The number of rotatable bonds is 2. The molecule has 0 aromatic carbocycles. The molecule has 1 rings (SSSR count). The number of aryl methyl sites for hydroxylation is 1. The Labute approximate surface area is 71.4 Å². The number of Topliss-reactive ketones (excluding diaryl/α,β-unsaturated/α-hetero) is 1. The van der Waals surface area contributed by atoms with Gasteiger partial charge in [0.2, 0.25) is 5.78 Å². The highest BCUT2D eigenvalue weighted by Gasteiger charge is 2.25. The van der Waals surface area contributed by atoms with Crippen LogP contribution in [0.5, 0.6) is 0 Å². The Bertz CT molecular complexity index is 295. The molecule has 0 radical (unpaired) electrons. The van der Waals surface area contributed by atoms with Crippen LogP contribution < -0.4 is 5.73 Å². The van der Waals surface area contributed by atoms with Crippen molar-refractivity contribution in [3.63, 3.8) is 0 Å². The van der Waals surface area contributed by atoms with Gasteiger partial charge in [-0.25, -0.2) is 0 Å². The van der Waals surface area contributed by atoms with E-state index in [1.165, 1.54) is 0 Å². The van der Waals surface area contributed by atoms with Crippen LogP contribution in [0.3, 0.4) is 0 Å². The summed E-state index contributed by atoms with van der Waals surface area (Å²) in [5, 5.41) is 3.96. The molecule has 0 amide bonds. The zero-order valence-corrected chi connectivity index (χ0v) is 7.53. The van der Waals surface area contributed by atoms with Crippen LogP contribution in [0.2, 0.25) is 0 Å². The molecule has 66 valence electrons. The molecule has 0 aliphatic heterocycles. The molecule has 0 atom stereocenters. The first-order valence-electron chi connectivity index (χ1n) is 3.74.